The van der Waals surface area contributed by atoms with Crippen molar-refractivity contribution in [1.29, 1.82) is 0 Å². The molecule has 11 heteroatoms. The van der Waals surface area contributed by atoms with Gasteiger partial charge in [-0.05, 0) is 51.0 Å². The molecule has 1 atom stereocenters. The number of likely N-dealkylation sites (tertiary alicyclic amines) is 1. The first-order valence-electron chi connectivity index (χ1n) is 11.7. The number of piperidine rings is 1. The van der Waals surface area contributed by atoms with E-state index in [4.69, 9.17) is 16.3 Å². The van der Waals surface area contributed by atoms with E-state index in [-0.39, 0.29) is 17.9 Å². The monoisotopic (exact) mass is 504 g/mol. The highest BCUT2D eigenvalue weighted by Gasteiger charge is 2.43. The maximum atomic E-state index is 13.5. The second-order valence-corrected chi connectivity index (χ2v) is 10.2. The minimum Gasteiger partial charge on any atom is -0.376 e. The molecule has 4 rings (SSSR count). The van der Waals surface area contributed by atoms with Gasteiger partial charge in [0.25, 0.3) is 5.91 Å². The van der Waals surface area contributed by atoms with Crippen molar-refractivity contribution >= 4 is 35.1 Å². The molecule has 10 nitrogen and oxygen atoms in total. The van der Waals surface area contributed by atoms with Gasteiger partial charge in [0.15, 0.2) is 0 Å². The van der Waals surface area contributed by atoms with E-state index in [9.17, 15) is 14.4 Å². The molecular formula is C24H33ClN6O4. The molecule has 0 bridgehead atoms. The Hall–Kier alpha value is -2.98. The number of ether oxygens (including phenoxy) is 1. The Balaban J connectivity index is 1.37. The molecule has 0 aromatic heterocycles. The number of anilines is 1. The van der Waals surface area contributed by atoms with Gasteiger partial charge in [-0.25, -0.2) is 4.79 Å². The summed E-state index contributed by atoms with van der Waals surface area (Å²) in [7, 11) is 3.47. The number of carbonyl (C=O) groups is 3. The number of urea groups is 1. The highest BCUT2D eigenvalue weighted by atomic mass is 35.5. The summed E-state index contributed by atoms with van der Waals surface area (Å²) in [6.45, 7) is 5.84. The standard InChI is InChI=1S/C24H33ClN6O4/c1-24(2,35-4)20(27-23(34)26-17-7-5-16(25)6-8-17)22(33)29-11-9-18(10-12-29)31-15-30-14-28(3)13-19(30)21(31)32/h5-8,13,18,20H,9-12,14-15H2,1-4H3,(H2,26,27,34). The number of fused-ring (bicyclic) bond motifs is 1. The summed E-state index contributed by atoms with van der Waals surface area (Å²) in [5.74, 6) is -0.155. The van der Waals surface area contributed by atoms with E-state index in [1.54, 1.807) is 43.0 Å². The van der Waals surface area contributed by atoms with E-state index in [1.807, 2.05) is 23.0 Å². The maximum absolute atomic E-state index is 13.5. The van der Waals surface area contributed by atoms with Crippen molar-refractivity contribution in [2.75, 3.05) is 45.9 Å². The average molecular weight is 505 g/mol. The minimum atomic E-state index is -0.931. The fourth-order valence-corrected chi connectivity index (χ4v) is 4.85. The lowest BCUT2D eigenvalue weighted by Crippen LogP contribution is -2.61. The van der Waals surface area contributed by atoms with E-state index in [0.29, 0.717) is 50.0 Å². The van der Waals surface area contributed by atoms with E-state index in [2.05, 4.69) is 15.5 Å². The molecule has 0 aliphatic carbocycles. The molecule has 0 radical (unpaired) electrons. The smallest absolute Gasteiger partial charge is 0.319 e. The number of methoxy groups -OCH3 is 1. The number of nitrogens with one attached hydrogen (secondary N) is 2. The van der Waals surface area contributed by atoms with Crippen LogP contribution in [-0.2, 0) is 14.3 Å². The second-order valence-electron chi connectivity index (χ2n) is 9.77. The number of benzene rings is 1. The summed E-state index contributed by atoms with van der Waals surface area (Å²) in [6.07, 6.45) is 3.26. The Morgan fingerprint density at radius 1 is 1.14 bits per heavy atom. The molecular weight excluding hydrogens is 472 g/mol. The maximum Gasteiger partial charge on any atom is 0.319 e. The lowest BCUT2D eigenvalue weighted by atomic mass is 9.95. The van der Waals surface area contributed by atoms with Crippen molar-refractivity contribution in [2.45, 2.75) is 44.4 Å². The van der Waals surface area contributed by atoms with Gasteiger partial charge in [-0.1, -0.05) is 11.6 Å². The van der Waals surface area contributed by atoms with Crippen LogP contribution in [0.3, 0.4) is 0 Å². The molecule has 2 saturated heterocycles. The van der Waals surface area contributed by atoms with Crippen LogP contribution in [0.1, 0.15) is 26.7 Å². The van der Waals surface area contributed by atoms with Crippen LogP contribution < -0.4 is 10.6 Å². The highest BCUT2D eigenvalue weighted by molar-refractivity contribution is 6.30. The quantitative estimate of drug-likeness (QED) is 0.615. The van der Waals surface area contributed by atoms with Crippen molar-refractivity contribution in [3.63, 3.8) is 0 Å². The average Bonchev–Trinajstić information content (AvgIpc) is 3.35. The number of amides is 4. The zero-order valence-electron chi connectivity index (χ0n) is 20.6. The van der Waals surface area contributed by atoms with Gasteiger partial charge in [-0.2, -0.15) is 0 Å². The molecule has 3 aliphatic heterocycles. The first-order valence-corrected chi connectivity index (χ1v) is 12.1. The van der Waals surface area contributed by atoms with Crippen LogP contribution in [0.5, 0.6) is 0 Å². The van der Waals surface area contributed by atoms with Gasteiger partial charge in [0.05, 0.1) is 18.9 Å². The molecule has 2 fully saturated rings. The highest BCUT2D eigenvalue weighted by Crippen LogP contribution is 2.29. The first-order chi connectivity index (χ1) is 16.6. The predicted octanol–water partition coefficient (Wildman–Crippen LogP) is 2.09. The second kappa shape index (κ2) is 9.94. The van der Waals surface area contributed by atoms with Gasteiger partial charge in [0.2, 0.25) is 5.91 Å². The van der Waals surface area contributed by atoms with Gasteiger partial charge in [-0.3, -0.25) is 9.59 Å². The summed E-state index contributed by atoms with van der Waals surface area (Å²) in [5, 5.41) is 6.09. The van der Waals surface area contributed by atoms with Gasteiger partial charge in [-0.15, -0.1) is 0 Å². The summed E-state index contributed by atoms with van der Waals surface area (Å²) in [5.41, 5.74) is 0.370. The Morgan fingerprint density at radius 2 is 1.80 bits per heavy atom. The van der Waals surface area contributed by atoms with Gasteiger partial charge in [0.1, 0.15) is 11.7 Å². The lowest BCUT2D eigenvalue weighted by molar-refractivity contribution is -0.142. The van der Waals surface area contributed by atoms with Crippen LogP contribution in [0.15, 0.2) is 36.2 Å². The fourth-order valence-electron chi connectivity index (χ4n) is 4.73. The Bertz CT molecular complexity index is 1010. The largest absolute Gasteiger partial charge is 0.376 e. The summed E-state index contributed by atoms with van der Waals surface area (Å²) in [4.78, 5) is 46.8. The van der Waals surface area contributed by atoms with Crippen molar-refractivity contribution in [1.82, 2.24) is 24.9 Å². The third kappa shape index (κ3) is 5.33. The molecule has 1 unspecified atom stereocenters. The van der Waals surface area contributed by atoms with Gasteiger partial charge < -0.3 is 35.0 Å². The molecule has 0 spiro atoms. The Morgan fingerprint density at radius 3 is 2.40 bits per heavy atom. The van der Waals surface area contributed by atoms with E-state index < -0.39 is 17.7 Å². The number of nitrogens with zero attached hydrogens (tertiary/aromatic N) is 4. The number of carbonyl (C=O) groups excluding carboxylic acids is 3. The first kappa shape index (κ1) is 25.1. The van der Waals surface area contributed by atoms with Crippen LogP contribution in [0.4, 0.5) is 10.5 Å². The van der Waals surface area contributed by atoms with E-state index in [1.165, 1.54) is 7.11 Å². The molecule has 3 heterocycles. The van der Waals surface area contributed by atoms with Crippen molar-refractivity contribution in [3.8, 4) is 0 Å². The molecule has 1 aromatic rings. The molecule has 190 valence electrons. The lowest BCUT2D eigenvalue weighted by Gasteiger charge is -2.40. The van der Waals surface area contributed by atoms with E-state index in [0.717, 1.165) is 5.70 Å². The molecule has 1 aromatic carbocycles. The number of hydrogen-bond donors (Lipinski definition) is 2. The normalized spacial score (nSPS) is 19.6. The van der Waals surface area contributed by atoms with Crippen molar-refractivity contribution in [2.24, 2.45) is 0 Å². The minimum absolute atomic E-state index is 0.0538. The number of hydrogen-bond acceptors (Lipinski definition) is 6. The van der Waals surface area contributed by atoms with Crippen LogP contribution in [0.2, 0.25) is 5.02 Å². The zero-order valence-corrected chi connectivity index (χ0v) is 21.3. The van der Waals surface area contributed by atoms with E-state index >= 15 is 0 Å². The third-order valence-corrected chi connectivity index (χ3v) is 7.19. The van der Waals surface area contributed by atoms with Crippen LogP contribution >= 0.6 is 11.6 Å². The van der Waals surface area contributed by atoms with Crippen LogP contribution in [-0.4, -0.2) is 95.7 Å². The molecule has 0 saturated carbocycles. The van der Waals surface area contributed by atoms with Gasteiger partial charge >= 0.3 is 6.03 Å². The molecule has 4 amide bonds. The topological polar surface area (TPSA) is 97.5 Å². The predicted molar refractivity (Wildman–Crippen MR) is 132 cm³/mol. The summed E-state index contributed by atoms with van der Waals surface area (Å²) >= 11 is 5.91. The zero-order chi connectivity index (χ0) is 25.3. The number of rotatable bonds is 6. The Labute approximate surface area is 210 Å². The Kier molecular flexibility index (Phi) is 7.14. The molecule has 3 aliphatic rings. The van der Waals surface area contributed by atoms with Crippen molar-refractivity contribution < 1.29 is 19.1 Å². The summed E-state index contributed by atoms with van der Waals surface area (Å²) < 4.78 is 5.57. The number of halogens is 1. The van der Waals surface area contributed by atoms with Crippen molar-refractivity contribution in [3.05, 3.63) is 41.2 Å². The van der Waals surface area contributed by atoms with Gasteiger partial charge in [0, 0.05) is 50.2 Å². The van der Waals surface area contributed by atoms with Crippen LogP contribution in [0, 0.1) is 0 Å². The van der Waals surface area contributed by atoms with Crippen LogP contribution in [0.25, 0.3) is 0 Å². The molecule has 2 N–H and O–H groups in total. The summed E-state index contributed by atoms with van der Waals surface area (Å²) in [6, 6.07) is 5.40. The molecule has 35 heavy (non-hydrogen) atoms. The third-order valence-electron chi connectivity index (χ3n) is 6.94. The SMILES string of the molecule is COC(C)(C)C(NC(=O)Nc1ccc(Cl)cc1)C(=O)N1CCC(N2CN3CN(C)C=C3C2=O)CC1. The fraction of sp³-hybridized carbons (Fsp3) is 0.542.